The molecule has 0 amide bonds. The highest BCUT2D eigenvalue weighted by Gasteiger charge is 2.14. The van der Waals surface area contributed by atoms with E-state index in [2.05, 4.69) is 9.97 Å². The van der Waals surface area contributed by atoms with E-state index in [9.17, 15) is 9.18 Å². The van der Waals surface area contributed by atoms with Gasteiger partial charge in [-0.25, -0.2) is 9.37 Å². The Bertz CT molecular complexity index is 1270. The van der Waals surface area contributed by atoms with Gasteiger partial charge in [0.1, 0.15) is 22.6 Å². The number of aromatic amines is 1. The number of thiazole rings is 1. The number of methoxy groups -OCH3 is 1. The number of ketones is 1. The van der Waals surface area contributed by atoms with E-state index in [0.29, 0.717) is 30.1 Å². The minimum absolute atomic E-state index is 0.0238. The number of H-pyrrole nitrogens is 1. The van der Waals surface area contributed by atoms with E-state index < -0.39 is 5.82 Å². The van der Waals surface area contributed by atoms with E-state index in [1.807, 2.05) is 30.5 Å². The van der Waals surface area contributed by atoms with Crippen LogP contribution in [0.2, 0.25) is 0 Å². The topological polar surface area (TPSA) is 73.4 Å². The fourth-order valence-corrected chi connectivity index (χ4v) is 4.11. The standard InChI is InChI=1S/C26H25FN2O4S/c1-4-24(30)17-5-8-25(21(27)13-17)33-20-12-18(11-19(14-20)32-16(2)15-31-3)22-6-7-23(29-22)26-28-9-10-34-26/h5-14,16,29H,4,15H2,1-3H3/t16-/m0/s1. The molecule has 4 aromatic rings. The van der Waals surface area contributed by atoms with Crippen molar-refractivity contribution in [1.29, 1.82) is 0 Å². The first-order chi connectivity index (χ1) is 16.5. The molecule has 0 unspecified atom stereocenters. The molecule has 0 fully saturated rings. The summed E-state index contributed by atoms with van der Waals surface area (Å²) in [5, 5.41) is 2.80. The third kappa shape index (κ3) is 5.52. The zero-order valence-electron chi connectivity index (χ0n) is 19.1. The van der Waals surface area contributed by atoms with E-state index in [1.54, 1.807) is 49.8 Å². The number of benzene rings is 2. The van der Waals surface area contributed by atoms with Crippen molar-refractivity contribution in [3.05, 3.63) is 71.5 Å². The van der Waals surface area contributed by atoms with E-state index in [-0.39, 0.29) is 17.6 Å². The van der Waals surface area contributed by atoms with Gasteiger partial charge in [0.05, 0.1) is 12.3 Å². The number of carbonyl (C=O) groups excluding carboxylic acids is 1. The average molecular weight is 481 g/mol. The lowest BCUT2D eigenvalue weighted by Crippen LogP contribution is -2.17. The Labute approximate surface area is 201 Å². The van der Waals surface area contributed by atoms with Crippen molar-refractivity contribution in [1.82, 2.24) is 9.97 Å². The van der Waals surface area contributed by atoms with Gasteiger partial charge in [0, 0.05) is 48.0 Å². The molecular formula is C26H25FN2O4S. The Balaban J connectivity index is 1.67. The summed E-state index contributed by atoms with van der Waals surface area (Å²) in [5.74, 6) is 0.246. The van der Waals surface area contributed by atoms with Gasteiger partial charge in [-0.05, 0) is 49.4 Å². The number of nitrogens with one attached hydrogen (secondary N) is 1. The van der Waals surface area contributed by atoms with Gasteiger partial charge >= 0.3 is 0 Å². The van der Waals surface area contributed by atoms with Crippen molar-refractivity contribution in [2.24, 2.45) is 0 Å². The van der Waals surface area contributed by atoms with Gasteiger partial charge in [-0.15, -0.1) is 11.3 Å². The van der Waals surface area contributed by atoms with Gasteiger partial charge in [-0.3, -0.25) is 4.79 Å². The van der Waals surface area contributed by atoms with Gasteiger partial charge in [-0.1, -0.05) is 6.92 Å². The molecule has 4 rings (SSSR count). The summed E-state index contributed by atoms with van der Waals surface area (Å²) in [4.78, 5) is 19.6. The summed E-state index contributed by atoms with van der Waals surface area (Å²) in [6, 6.07) is 13.5. The fourth-order valence-electron chi connectivity index (χ4n) is 3.49. The molecule has 2 heterocycles. The summed E-state index contributed by atoms with van der Waals surface area (Å²) in [6.07, 6.45) is 1.87. The molecule has 0 aliphatic carbocycles. The predicted octanol–water partition coefficient (Wildman–Crippen LogP) is 6.74. The molecule has 0 aliphatic heterocycles. The molecule has 0 aliphatic rings. The van der Waals surface area contributed by atoms with Crippen LogP contribution in [0, 0.1) is 5.82 Å². The second-order valence-electron chi connectivity index (χ2n) is 7.72. The van der Waals surface area contributed by atoms with Gasteiger partial charge in [0.25, 0.3) is 0 Å². The number of carbonyl (C=O) groups is 1. The molecule has 176 valence electrons. The summed E-state index contributed by atoms with van der Waals surface area (Å²) in [5.41, 5.74) is 2.86. The second kappa shape index (κ2) is 10.6. The molecular weight excluding hydrogens is 455 g/mol. The Hall–Kier alpha value is -3.49. The number of nitrogens with zero attached hydrogens (tertiary/aromatic N) is 1. The second-order valence-corrected chi connectivity index (χ2v) is 8.62. The monoisotopic (exact) mass is 480 g/mol. The van der Waals surface area contributed by atoms with Crippen LogP contribution in [0.4, 0.5) is 4.39 Å². The molecule has 0 radical (unpaired) electrons. The van der Waals surface area contributed by atoms with E-state index >= 15 is 0 Å². The van der Waals surface area contributed by atoms with Crippen LogP contribution in [0.1, 0.15) is 30.6 Å². The van der Waals surface area contributed by atoms with E-state index in [1.165, 1.54) is 12.1 Å². The van der Waals surface area contributed by atoms with Crippen LogP contribution in [0.25, 0.3) is 22.0 Å². The molecule has 0 spiro atoms. The molecule has 1 atom stereocenters. The van der Waals surface area contributed by atoms with Crippen LogP contribution in [-0.2, 0) is 4.74 Å². The third-order valence-corrected chi connectivity index (χ3v) is 5.89. The van der Waals surface area contributed by atoms with Crippen molar-refractivity contribution in [2.75, 3.05) is 13.7 Å². The Morgan fingerprint density at radius 1 is 1.12 bits per heavy atom. The SMILES string of the molecule is CCC(=O)c1ccc(Oc2cc(O[C@@H](C)COC)cc(-c3ccc(-c4nccs4)[nH]3)c2)c(F)c1. The smallest absolute Gasteiger partial charge is 0.166 e. The van der Waals surface area contributed by atoms with Crippen LogP contribution in [0.5, 0.6) is 17.2 Å². The maximum Gasteiger partial charge on any atom is 0.166 e. The number of hydrogen-bond acceptors (Lipinski definition) is 6. The predicted molar refractivity (Wildman–Crippen MR) is 130 cm³/mol. The number of rotatable bonds is 10. The van der Waals surface area contributed by atoms with Crippen molar-refractivity contribution in [3.8, 4) is 39.2 Å². The molecule has 2 aromatic carbocycles. The lowest BCUT2D eigenvalue weighted by Gasteiger charge is -2.16. The van der Waals surface area contributed by atoms with Crippen LogP contribution in [0.3, 0.4) is 0 Å². The van der Waals surface area contributed by atoms with Crippen molar-refractivity contribution >= 4 is 17.1 Å². The Kier molecular flexibility index (Phi) is 7.40. The quantitative estimate of drug-likeness (QED) is 0.254. The highest BCUT2D eigenvalue weighted by atomic mass is 32.1. The summed E-state index contributed by atoms with van der Waals surface area (Å²) < 4.78 is 31.7. The van der Waals surface area contributed by atoms with E-state index in [0.717, 1.165) is 22.0 Å². The van der Waals surface area contributed by atoms with Crippen molar-refractivity contribution in [3.63, 3.8) is 0 Å². The van der Waals surface area contributed by atoms with Crippen molar-refractivity contribution in [2.45, 2.75) is 26.4 Å². The van der Waals surface area contributed by atoms with Crippen LogP contribution in [0.15, 0.2) is 60.1 Å². The number of Topliss-reactive ketones (excluding diaryl/α,β-unsaturated/α-hetero) is 1. The van der Waals surface area contributed by atoms with Crippen LogP contribution < -0.4 is 9.47 Å². The number of ether oxygens (including phenoxy) is 3. The van der Waals surface area contributed by atoms with Crippen molar-refractivity contribution < 1.29 is 23.4 Å². The number of halogens is 1. The highest BCUT2D eigenvalue weighted by Crippen LogP contribution is 2.35. The summed E-state index contributed by atoms with van der Waals surface area (Å²) >= 11 is 1.54. The lowest BCUT2D eigenvalue weighted by atomic mass is 10.1. The maximum absolute atomic E-state index is 14.7. The first kappa shape index (κ1) is 23.7. The Morgan fingerprint density at radius 2 is 1.91 bits per heavy atom. The minimum atomic E-state index is -0.606. The minimum Gasteiger partial charge on any atom is -0.488 e. The molecule has 1 N–H and O–H groups in total. The molecule has 6 nitrogen and oxygen atoms in total. The third-order valence-electron chi connectivity index (χ3n) is 5.08. The van der Waals surface area contributed by atoms with Crippen LogP contribution in [-0.4, -0.2) is 35.6 Å². The van der Waals surface area contributed by atoms with Crippen LogP contribution >= 0.6 is 11.3 Å². The fraction of sp³-hybridized carbons (Fsp3) is 0.231. The largest absolute Gasteiger partial charge is 0.488 e. The molecule has 0 saturated carbocycles. The van der Waals surface area contributed by atoms with Gasteiger partial charge in [-0.2, -0.15) is 0 Å². The lowest BCUT2D eigenvalue weighted by molar-refractivity contribution is 0.0920. The zero-order chi connectivity index (χ0) is 24.1. The Morgan fingerprint density at radius 3 is 2.62 bits per heavy atom. The summed E-state index contributed by atoms with van der Waals surface area (Å²) in [6.45, 7) is 4.05. The highest BCUT2D eigenvalue weighted by molar-refractivity contribution is 7.13. The molecule has 34 heavy (non-hydrogen) atoms. The zero-order valence-corrected chi connectivity index (χ0v) is 19.9. The molecule has 0 bridgehead atoms. The number of hydrogen-bond donors (Lipinski definition) is 1. The molecule has 2 aromatic heterocycles. The number of aromatic nitrogens is 2. The molecule has 8 heteroatoms. The molecule has 0 saturated heterocycles. The first-order valence-corrected chi connectivity index (χ1v) is 11.7. The summed E-state index contributed by atoms with van der Waals surface area (Å²) in [7, 11) is 1.61. The first-order valence-electron chi connectivity index (χ1n) is 10.9. The van der Waals surface area contributed by atoms with Gasteiger partial charge < -0.3 is 19.2 Å². The maximum atomic E-state index is 14.7. The van der Waals surface area contributed by atoms with Gasteiger partial charge in [0.2, 0.25) is 0 Å². The average Bonchev–Trinajstić information content (AvgIpc) is 3.52. The van der Waals surface area contributed by atoms with Gasteiger partial charge in [0.15, 0.2) is 17.3 Å². The normalized spacial score (nSPS) is 11.9. The van der Waals surface area contributed by atoms with E-state index in [4.69, 9.17) is 14.2 Å².